The van der Waals surface area contributed by atoms with Crippen molar-refractivity contribution >= 4 is 12.0 Å². The fourth-order valence-electron chi connectivity index (χ4n) is 2.18. The van der Waals surface area contributed by atoms with Crippen molar-refractivity contribution in [3.05, 3.63) is 40.8 Å². The van der Waals surface area contributed by atoms with Gasteiger partial charge in [-0.05, 0) is 24.6 Å². The van der Waals surface area contributed by atoms with E-state index in [1.54, 1.807) is 6.92 Å². The molecular weight excluding hydrogens is 279 g/mol. The number of ether oxygens (including phenoxy) is 2. The van der Waals surface area contributed by atoms with Crippen LogP contribution in [-0.2, 0) is 9.53 Å². The van der Waals surface area contributed by atoms with Crippen molar-refractivity contribution < 1.29 is 23.5 Å². The van der Waals surface area contributed by atoms with E-state index in [0.717, 1.165) is 0 Å². The molecule has 2 rings (SSSR count). The first-order chi connectivity index (χ1) is 9.97. The van der Waals surface area contributed by atoms with Crippen LogP contribution in [-0.4, -0.2) is 26.2 Å². The number of amides is 2. The Morgan fingerprint density at radius 3 is 2.67 bits per heavy atom. The largest absolute Gasteiger partial charge is 0.494 e. The molecule has 112 valence electrons. The van der Waals surface area contributed by atoms with Crippen LogP contribution in [0, 0.1) is 5.82 Å². The predicted octanol–water partition coefficient (Wildman–Crippen LogP) is 1.64. The third-order valence-electron chi connectivity index (χ3n) is 3.18. The third kappa shape index (κ3) is 2.81. The van der Waals surface area contributed by atoms with Gasteiger partial charge in [-0.3, -0.25) is 0 Å². The minimum absolute atomic E-state index is 0.0298. The molecule has 0 bridgehead atoms. The highest BCUT2D eigenvalue weighted by Gasteiger charge is 2.32. The second-order valence-corrected chi connectivity index (χ2v) is 4.46. The number of hydrogen-bond donors (Lipinski definition) is 2. The number of nitrogens with one attached hydrogen (secondary N) is 2. The number of allylic oxidation sites excluding steroid dienone is 1. The zero-order valence-corrected chi connectivity index (χ0v) is 11.8. The van der Waals surface area contributed by atoms with E-state index in [9.17, 15) is 14.0 Å². The Morgan fingerprint density at radius 1 is 1.33 bits per heavy atom. The molecule has 1 aliphatic heterocycles. The van der Waals surface area contributed by atoms with Crippen molar-refractivity contribution in [2.24, 2.45) is 0 Å². The molecule has 1 heterocycles. The Hall–Kier alpha value is -2.57. The summed E-state index contributed by atoms with van der Waals surface area (Å²) in [5, 5.41) is 5.12. The minimum atomic E-state index is -0.735. The molecule has 6 nitrogen and oxygen atoms in total. The Balaban J connectivity index is 2.51. The van der Waals surface area contributed by atoms with Crippen LogP contribution in [0.4, 0.5) is 9.18 Å². The van der Waals surface area contributed by atoms with Crippen molar-refractivity contribution in [2.45, 2.75) is 13.0 Å². The van der Waals surface area contributed by atoms with E-state index < -0.39 is 23.9 Å². The molecule has 0 radical (unpaired) electrons. The maximum Gasteiger partial charge on any atom is 0.337 e. The van der Waals surface area contributed by atoms with Gasteiger partial charge in [-0.25, -0.2) is 14.0 Å². The summed E-state index contributed by atoms with van der Waals surface area (Å²) in [6.07, 6.45) is 0. The summed E-state index contributed by atoms with van der Waals surface area (Å²) in [5.41, 5.74) is 1.16. The standard InChI is InChI=1S/C14H15FN2O4/c1-7-11(13(18)21-3)12(17-14(19)16-7)8-4-5-9(15)10(6-8)20-2/h4-6,12H,1-3H3,(H2,16,17,19). The average molecular weight is 294 g/mol. The molecule has 1 unspecified atom stereocenters. The van der Waals surface area contributed by atoms with Crippen LogP contribution in [0.15, 0.2) is 29.5 Å². The van der Waals surface area contributed by atoms with Crippen LogP contribution in [0.2, 0.25) is 0 Å². The fraction of sp³-hybridized carbons (Fsp3) is 0.286. The number of benzene rings is 1. The smallest absolute Gasteiger partial charge is 0.337 e. The molecule has 1 atom stereocenters. The first-order valence-corrected chi connectivity index (χ1v) is 6.18. The van der Waals surface area contributed by atoms with Gasteiger partial charge < -0.3 is 20.1 Å². The SMILES string of the molecule is COC(=O)C1=C(C)NC(=O)NC1c1ccc(F)c(OC)c1. The number of halogens is 1. The highest BCUT2D eigenvalue weighted by atomic mass is 19.1. The highest BCUT2D eigenvalue weighted by Crippen LogP contribution is 2.30. The molecule has 0 spiro atoms. The van der Waals surface area contributed by atoms with Crippen LogP contribution in [0.1, 0.15) is 18.5 Å². The van der Waals surface area contributed by atoms with Gasteiger partial charge in [0.25, 0.3) is 0 Å². The molecule has 2 amide bonds. The minimum Gasteiger partial charge on any atom is -0.494 e. The van der Waals surface area contributed by atoms with E-state index in [1.807, 2.05) is 0 Å². The lowest BCUT2D eigenvalue weighted by Crippen LogP contribution is -2.45. The number of carbonyl (C=O) groups excluding carboxylic acids is 2. The predicted molar refractivity (Wildman–Crippen MR) is 72.1 cm³/mol. The van der Waals surface area contributed by atoms with Crippen LogP contribution < -0.4 is 15.4 Å². The van der Waals surface area contributed by atoms with Crippen LogP contribution >= 0.6 is 0 Å². The van der Waals surface area contributed by atoms with Crippen LogP contribution in [0.25, 0.3) is 0 Å². The van der Waals surface area contributed by atoms with E-state index in [1.165, 1.54) is 32.4 Å². The van der Waals surface area contributed by atoms with Crippen LogP contribution in [0.3, 0.4) is 0 Å². The summed E-state index contributed by atoms with van der Waals surface area (Å²) in [4.78, 5) is 23.5. The molecule has 0 aromatic heterocycles. The van der Waals surface area contributed by atoms with Gasteiger partial charge >= 0.3 is 12.0 Å². The van der Waals surface area contributed by atoms with Gasteiger partial charge in [0.15, 0.2) is 11.6 Å². The Morgan fingerprint density at radius 2 is 2.05 bits per heavy atom. The van der Waals surface area contributed by atoms with Gasteiger partial charge in [-0.15, -0.1) is 0 Å². The Bertz CT molecular complexity index is 627. The van der Waals surface area contributed by atoms with E-state index in [4.69, 9.17) is 9.47 Å². The van der Waals surface area contributed by atoms with Gasteiger partial charge in [0.05, 0.1) is 25.8 Å². The molecule has 0 saturated carbocycles. The Kier molecular flexibility index (Phi) is 4.11. The van der Waals surface area contributed by atoms with Crippen molar-refractivity contribution in [3.8, 4) is 5.75 Å². The zero-order valence-electron chi connectivity index (χ0n) is 11.8. The molecular formula is C14H15FN2O4. The van der Waals surface area contributed by atoms with Crippen molar-refractivity contribution in [3.63, 3.8) is 0 Å². The summed E-state index contributed by atoms with van der Waals surface area (Å²) in [5.74, 6) is -1.07. The van der Waals surface area contributed by atoms with Crippen molar-refractivity contribution in [2.75, 3.05) is 14.2 Å². The lowest BCUT2D eigenvalue weighted by Gasteiger charge is -2.28. The van der Waals surface area contributed by atoms with Gasteiger partial charge in [-0.1, -0.05) is 6.07 Å². The maximum atomic E-state index is 13.5. The first kappa shape index (κ1) is 14.8. The topological polar surface area (TPSA) is 76.7 Å². The molecule has 1 aromatic rings. The monoisotopic (exact) mass is 294 g/mol. The van der Waals surface area contributed by atoms with Gasteiger partial charge in [0, 0.05) is 5.70 Å². The molecule has 2 N–H and O–H groups in total. The van der Waals surface area contributed by atoms with Crippen LogP contribution in [0.5, 0.6) is 5.75 Å². The summed E-state index contributed by atoms with van der Waals surface area (Å²) < 4.78 is 23.1. The van der Waals surface area contributed by atoms with Crippen molar-refractivity contribution in [1.82, 2.24) is 10.6 Å². The average Bonchev–Trinajstić information content (AvgIpc) is 2.46. The number of methoxy groups -OCH3 is 2. The molecule has 0 aliphatic carbocycles. The normalized spacial score (nSPS) is 17.9. The summed E-state index contributed by atoms with van der Waals surface area (Å²) in [6.45, 7) is 1.60. The highest BCUT2D eigenvalue weighted by molar-refractivity contribution is 5.94. The van der Waals surface area contributed by atoms with E-state index >= 15 is 0 Å². The number of rotatable bonds is 3. The van der Waals surface area contributed by atoms with E-state index in [0.29, 0.717) is 11.3 Å². The number of hydrogen-bond acceptors (Lipinski definition) is 4. The summed E-state index contributed by atoms with van der Waals surface area (Å²) in [7, 11) is 2.59. The van der Waals surface area contributed by atoms with Crippen molar-refractivity contribution in [1.29, 1.82) is 0 Å². The zero-order chi connectivity index (χ0) is 15.6. The van der Waals surface area contributed by atoms with E-state index in [-0.39, 0.29) is 11.3 Å². The lowest BCUT2D eigenvalue weighted by atomic mass is 9.95. The number of carbonyl (C=O) groups is 2. The maximum absolute atomic E-state index is 13.5. The molecule has 0 saturated heterocycles. The quantitative estimate of drug-likeness (QED) is 0.831. The summed E-state index contributed by atoms with van der Waals surface area (Å²) >= 11 is 0. The second kappa shape index (κ2) is 5.82. The first-order valence-electron chi connectivity index (χ1n) is 6.18. The number of urea groups is 1. The Labute approximate surface area is 120 Å². The van der Waals surface area contributed by atoms with Gasteiger partial charge in [0.1, 0.15) is 0 Å². The molecule has 1 aliphatic rings. The molecule has 1 aromatic carbocycles. The van der Waals surface area contributed by atoms with Gasteiger partial charge in [0.2, 0.25) is 0 Å². The molecule has 21 heavy (non-hydrogen) atoms. The molecule has 7 heteroatoms. The fourth-order valence-corrected chi connectivity index (χ4v) is 2.18. The van der Waals surface area contributed by atoms with Gasteiger partial charge in [-0.2, -0.15) is 0 Å². The molecule has 0 fully saturated rings. The van der Waals surface area contributed by atoms with E-state index in [2.05, 4.69) is 10.6 Å². The second-order valence-electron chi connectivity index (χ2n) is 4.46. The summed E-state index contributed by atoms with van der Waals surface area (Å²) in [6, 6.07) is 2.94. The third-order valence-corrected chi connectivity index (χ3v) is 3.18. The lowest BCUT2D eigenvalue weighted by molar-refractivity contribution is -0.136. The number of esters is 1.